The Morgan fingerprint density at radius 1 is 1.36 bits per heavy atom. The molecular weight excluding hydrogens is 320 g/mol. The standard InChI is InChI=1S/C18H24N4O3/c1-18(2,3)15-10-22(21-20-15)9-14-16(13(23)11-25-14)19-17(24)12-7-5-4-6-8-12/h4-8,10,13-14,16,23H,9,11H2,1-3H3,(H,19,24)/t13-,14+,16+/m0/s1. The highest BCUT2D eigenvalue weighted by atomic mass is 16.5. The van der Waals surface area contributed by atoms with Crippen LogP contribution in [-0.4, -0.2) is 50.9 Å². The fraction of sp³-hybridized carbons (Fsp3) is 0.500. The number of nitrogens with one attached hydrogen (secondary N) is 1. The van der Waals surface area contributed by atoms with Gasteiger partial charge in [-0.15, -0.1) is 5.10 Å². The molecule has 1 aliphatic heterocycles. The van der Waals surface area contributed by atoms with Gasteiger partial charge in [0.05, 0.1) is 24.9 Å². The predicted octanol–water partition coefficient (Wildman–Crippen LogP) is 1.13. The minimum Gasteiger partial charge on any atom is -0.388 e. The molecule has 1 saturated heterocycles. The number of nitrogens with zero attached hydrogens (tertiary/aromatic N) is 3. The van der Waals surface area contributed by atoms with Gasteiger partial charge >= 0.3 is 0 Å². The van der Waals surface area contributed by atoms with Crippen LogP contribution in [0.5, 0.6) is 0 Å². The second-order valence-electron chi connectivity index (χ2n) is 7.38. The first kappa shape index (κ1) is 17.6. The predicted molar refractivity (Wildman–Crippen MR) is 92.2 cm³/mol. The zero-order valence-electron chi connectivity index (χ0n) is 14.7. The van der Waals surface area contributed by atoms with Crippen molar-refractivity contribution in [2.45, 2.75) is 51.0 Å². The molecule has 0 aliphatic carbocycles. The lowest BCUT2D eigenvalue weighted by Gasteiger charge is -2.21. The van der Waals surface area contributed by atoms with E-state index in [9.17, 15) is 9.90 Å². The molecule has 7 heteroatoms. The Bertz CT molecular complexity index is 723. The molecule has 1 amide bonds. The van der Waals surface area contributed by atoms with E-state index >= 15 is 0 Å². The van der Waals surface area contributed by atoms with Gasteiger partial charge in [0.2, 0.25) is 0 Å². The molecule has 25 heavy (non-hydrogen) atoms. The SMILES string of the molecule is CC(C)(C)c1cn(C[C@H]2OC[C@H](O)[C@H]2NC(=O)c2ccccc2)nn1. The first-order valence-electron chi connectivity index (χ1n) is 8.41. The number of hydrogen-bond acceptors (Lipinski definition) is 5. The summed E-state index contributed by atoms with van der Waals surface area (Å²) in [5.74, 6) is -0.228. The third kappa shape index (κ3) is 4.05. The van der Waals surface area contributed by atoms with Gasteiger partial charge in [0.1, 0.15) is 12.2 Å². The number of carbonyl (C=O) groups excluding carboxylic acids is 1. The van der Waals surface area contributed by atoms with Crippen LogP contribution in [0.1, 0.15) is 36.8 Å². The Labute approximate surface area is 147 Å². The normalized spacial score (nSPS) is 23.6. The molecular formula is C18H24N4O3. The van der Waals surface area contributed by atoms with Crippen molar-refractivity contribution in [1.29, 1.82) is 0 Å². The number of rotatable bonds is 4. The van der Waals surface area contributed by atoms with E-state index in [1.807, 2.05) is 12.3 Å². The number of amides is 1. The maximum atomic E-state index is 12.4. The summed E-state index contributed by atoms with van der Waals surface area (Å²) in [6, 6.07) is 8.44. The fourth-order valence-corrected chi connectivity index (χ4v) is 2.77. The molecule has 134 valence electrons. The van der Waals surface area contributed by atoms with Gasteiger partial charge in [0.15, 0.2) is 0 Å². The van der Waals surface area contributed by atoms with Crippen molar-refractivity contribution in [1.82, 2.24) is 20.3 Å². The van der Waals surface area contributed by atoms with Crippen molar-refractivity contribution in [2.24, 2.45) is 0 Å². The van der Waals surface area contributed by atoms with E-state index in [0.29, 0.717) is 12.1 Å². The van der Waals surface area contributed by atoms with Crippen LogP contribution in [0.25, 0.3) is 0 Å². The van der Waals surface area contributed by atoms with Crippen molar-refractivity contribution in [2.75, 3.05) is 6.61 Å². The Balaban J connectivity index is 1.68. The Hall–Kier alpha value is -2.25. The average molecular weight is 344 g/mol. The monoisotopic (exact) mass is 344 g/mol. The van der Waals surface area contributed by atoms with Crippen LogP contribution in [0, 0.1) is 0 Å². The molecule has 0 unspecified atom stereocenters. The smallest absolute Gasteiger partial charge is 0.251 e. The van der Waals surface area contributed by atoms with Gasteiger partial charge in [-0.1, -0.05) is 44.2 Å². The van der Waals surface area contributed by atoms with Crippen LogP contribution >= 0.6 is 0 Å². The summed E-state index contributed by atoms with van der Waals surface area (Å²) in [5.41, 5.74) is 1.35. The molecule has 1 aliphatic rings. The van der Waals surface area contributed by atoms with Gasteiger partial charge in [-0.25, -0.2) is 4.68 Å². The highest BCUT2D eigenvalue weighted by Gasteiger charge is 2.38. The molecule has 0 radical (unpaired) electrons. The first-order chi connectivity index (χ1) is 11.8. The number of carbonyl (C=O) groups is 1. The summed E-state index contributed by atoms with van der Waals surface area (Å²) in [5, 5.41) is 21.4. The molecule has 0 bridgehead atoms. The number of aliphatic hydroxyl groups excluding tert-OH is 1. The van der Waals surface area contributed by atoms with E-state index in [1.165, 1.54) is 0 Å². The maximum Gasteiger partial charge on any atom is 0.251 e. The first-order valence-corrected chi connectivity index (χ1v) is 8.41. The van der Waals surface area contributed by atoms with Crippen LogP contribution < -0.4 is 5.32 Å². The van der Waals surface area contributed by atoms with Gasteiger partial charge in [-0.05, 0) is 12.1 Å². The van der Waals surface area contributed by atoms with Gasteiger partial charge in [0, 0.05) is 17.2 Å². The lowest BCUT2D eigenvalue weighted by Crippen LogP contribution is -2.48. The van der Waals surface area contributed by atoms with Crippen molar-refractivity contribution in [3.05, 3.63) is 47.8 Å². The number of ether oxygens (including phenoxy) is 1. The molecule has 2 aromatic rings. The quantitative estimate of drug-likeness (QED) is 0.868. The number of benzene rings is 1. The molecule has 0 spiro atoms. The van der Waals surface area contributed by atoms with Crippen LogP contribution in [0.3, 0.4) is 0 Å². The third-order valence-electron chi connectivity index (χ3n) is 4.30. The summed E-state index contributed by atoms with van der Waals surface area (Å²) in [4.78, 5) is 12.4. The lowest BCUT2D eigenvalue weighted by molar-refractivity contribution is 0.0711. The Morgan fingerprint density at radius 2 is 2.08 bits per heavy atom. The van der Waals surface area contributed by atoms with E-state index in [2.05, 4.69) is 36.4 Å². The molecule has 1 aromatic carbocycles. The molecule has 1 fully saturated rings. The van der Waals surface area contributed by atoms with Crippen LogP contribution in [-0.2, 0) is 16.7 Å². The number of aliphatic hydroxyl groups is 1. The van der Waals surface area contributed by atoms with Gasteiger partial charge in [-0.2, -0.15) is 0 Å². The topological polar surface area (TPSA) is 89.3 Å². The summed E-state index contributed by atoms with van der Waals surface area (Å²) in [6.45, 7) is 6.81. The van der Waals surface area contributed by atoms with Gasteiger partial charge in [-0.3, -0.25) is 4.79 Å². The van der Waals surface area contributed by atoms with Crippen LogP contribution in [0.2, 0.25) is 0 Å². The van der Waals surface area contributed by atoms with E-state index in [1.54, 1.807) is 28.9 Å². The second kappa shape index (κ2) is 6.93. The third-order valence-corrected chi connectivity index (χ3v) is 4.30. The Morgan fingerprint density at radius 3 is 2.72 bits per heavy atom. The van der Waals surface area contributed by atoms with Crippen LogP contribution in [0.4, 0.5) is 0 Å². The van der Waals surface area contributed by atoms with Crippen LogP contribution in [0.15, 0.2) is 36.5 Å². The summed E-state index contributed by atoms with van der Waals surface area (Å²) < 4.78 is 7.36. The van der Waals surface area contributed by atoms with E-state index < -0.39 is 12.1 Å². The lowest BCUT2D eigenvalue weighted by atomic mass is 9.93. The van der Waals surface area contributed by atoms with Gasteiger partial charge < -0.3 is 15.2 Å². The van der Waals surface area contributed by atoms with Crippen molar-refractivity contribution in [3.63, 3.8) is 0 Å². The van der Waals surface area contributed by atoms with E-state index in [4.69, 9.17) is 4.74 Å². The molecule has 2 N–H and O–H groups in total. The number of hydrogen-bond donors (Lipinski definition) is 2. The van der Waals surface area contributed by atoms with Crippen molar-refractivity contribution < 1.29 is 14.6 Å². The van der Waals surface area contributed by atoms with E-state index in [0.717, 1.165) is 5.69 Å². The molecule has 2 heterocycles. The molecule has 0 saturated carbocycles. The minimum atomic E-state index is -0.747. The maximum absolute atomic E-state index is 12.4. The molecule has 3 rings (SSSR count). The fourth-order valence-electron chi connectivity index (χ4n) is 2.77. The number of aromatic nitrogens is 3. The zero-order valence-corrected chi connectivity index (χ0v) is 14.7. The zero-order chi connectivity index (χ0) is 18.0. The highest BCUT2D eigenvalue weighted by Crippen LogP contribution is 2.21. The summed E-state index contributed by atoms with van der Waals surface area (Å²) in [6.07, 6.45) is 0.768. The van der Waals surface area contributed by atoms with Crippen molar-refractivity contribution >= 4 is 5.91 Å². The Kier molecular flexibility index (Phi) is 4.87. The second-order valence-corrected chi connectivity index (χ2v) is 7.38. The average Bonchev–Trinajstić information content (AvgIpc) is 3.17. The molecule has 7 nitrogen and oxygen atoms in total. The summed E-state index contributed by atoms with van der Waals surface area (Å²) >= 11 is 0. The van der Waals surface area contributed by atoms with Gasteiger partial charge in [0.25, 0.3) is 5.91 Å². The molecule has 1 aromatic heterocycles. The minimum absolute atomic E-state index is 0.0881. The largest absolute Gasteiger partial charge is 0.388 e. The van der Waals surface area contributed by atoms with Crippen molar-refractivity contribution in [3.8, 4) is 0 Å². The molecule has 3 atom stereocenters. The highest BCUT2D eigenvalue weighted by molar-refractivity contribution is 5.94. The van der Waals surface area contributed by atoms with E-state index in [-0.39, 0.29) is 24.0 Å². The summed E-state index contributed by atoms with van der Waals surface area (Å²) in [7, 11) is 0.